The number of ether oxygens (including phenoxy) is 2. The topological polar surface area (TPSA) is 67.8 Å². The lowest BCUT2D eigenvalue weighted by Crippen LogP contribution is -2.41. The summed E-state index contributed by atoms with van der Waals surface area (Å²) in [5.41, 5.74) is 0.858. The summed E-state index contributed by atoms with van der Waals surface area (Å²) in [5, 5.41) is 12.6. The van der Waals surface area contributed by atoms with Gasteiger partial charge in [-0.05, 0) is 37.0 Å². The summed E-state index contributed by atoms with van der Waals surface area (Å²) < 4.78 is 10.7. The molecule has 1 atom stereocenters. The molecule has 116 valence electrons. The molecule has 1 aliphatic rings. The summed E-state index contributed by atoms with van der Waals surface area (Å²) in [5.74, 6) is 0.517. The first-order valence-electron chi connectivity index (χ1n) is 7.47. The lowest BCUT2D eigenvalue weighted by Gasteiger charge is -2.23. The van der Waals surface area contributed by atoms with Gasteiger partial charge in [-0.2, -0.15) is 0 Å². The molecule has 1 saturated heterocycles. The Morgan fingerprint density at radius 3 is 2.67 bits per heavy atom. The summed E-state index contributed by atoms with van der Waals surface area (Å²) in [6, 6.07) is 7.38. The van der Waals surface area contributed by atoms with Crippen LogP contribution in [0.5, 0.6) is 5.75 Å². The molecule has 0 bridgehead atoms. The number of aliphatic hydroxyl groups excluding tert-OH is 1. The van der Waals surface area contributed by atoms with Crippen LogP contribution in [0.4, 0.5) is 0 Å². The van der Waals surface area contributed by atoms with Crippen molar-refractivity contribution >= 4 is 5.91 Å². The third-order valence-electron chi connectivity index (χ3n) is 3.61. The minimum absolute atomic E-state index is 0.00698. The Kier molecular flexibility index (Phi) is 6.02. The Balaban J connectivity index is 1.75. The maximum atomic E-state index is 11.8. The van der Waals surface area contributed by atoms with Gasteiger partial charge in [-0.15, -0.1) is 0 Å². The molecule has 0 saturated carbocycles. The van der Waals surface area contributed by atoms with Gasteiger partial charge in [0, 0.05) is 19.3 Å². The van der Waals surface area contributed by atoms with Crippen molar-refractivity contribution in [1.29, 1.82) is 0 Å². The first-order valence-corrected chi connectivity index (χ1v) is 7.47. The summed E-state index contributed by atoms with van der Waals surface area (Å²) in [6.07, 6.45) is 1.94. The molecule has 5 heteroatoms. The predicted octanol–water partition coefficient (Wildman–Crippen LogP) is 1.80. The van der Waals surface area contributed by atoms with E-state index in [1.54, 1.807) is 12.1 Å². The van der Waals surface area contributed by atoms with E-state index in [1.807, 2.05) is 19.1 Å². The van der Waals surface area contributed by atoms with Gasteiger partial charge in [0.05, 0.1) is 6.10 Å². The number of hydrogen-bond donors (Lipinski definition) is 2. The summed E-state index contributed by atoms with van der Waals surface area (Å²) >= 11 is 0. The van der Waals surface area contributed by atoms with Crippen LogP contribution in [0.25, 0.3) is 0 Å². The Morgan fingerprint density at radius 2 is 2.05 bits per heavy atom. The lowest BCUT2D eigenvalue weighted by atomic mass is 10.1. The minimum Gasteiger partial charge on any atom is -0.484 e. The van der Waals surface area contributed by atoms with Crippen LogP contribution in [0.1, 0.15) is 37.9 Å². The number of amides is 1. The number of carbonyl (C=O) groups is 1. The van der Waals surface area contributed by atoms with E-state index in [0.29, 0.717) is 25.4 Å². The minimum atomic E-state index is -0.448. The molecule has 1 aromatic carbocycles. The molecule has 1 heterocycles. The van der Waals surface area contributed by atoms with Crippen molar-refractivity contribution in [3.05, 3.63) is 29.8 Å². The Morgan fingerprint density at radius 1 is 1.38 bits per heavy atom. The molecule has 1 amide bonds. The first-order chi connectivity index (χ1) is 10.2. The molecule has 0 unspecified atom stereocenters. The average Bonchev–Trinajstić information content (AvgIpc) is 2.53. The molecule has 0 spiro atoms. The van der Waals surface area contributed by atoms with E-state index in [9.17, 15) is 9.90 Å². The van der Waals surface area contributed by atoms with E-state index in [2.05, 4.69) is 5.32 Å². The second-order valence-electron chi connectivity index (χ2n) is 5.24. The van der Waals surface area contributed by atoms with Crippen LogP contribution < -0.4 is 10.1 Å². The highest BCUT2D eigenvalue weighted by atomic mass is 16.5. The van der Waals surface area contributed by atoms with Crippen molar-refractivity contribution in [3.8, 4) is 5.75 Å². The van der Waals surface area contributed by atoms with Crippen LogP contribution >= 0.6 is 0 Å². The van der Waals surface area contributed by atoms with Crippen LogP contribution in [-0.4, -0.2) is 36.9 Å². The Hall–Kier alpha value is -1.59. The lowest BCUT2D eigenvalue weighted by molar-refractivity contribution is -0.124. The molecule has 1 aliphatic heterocycles. The van der Waals surface area contributed by atoms with Crippen LogP contribution in [0, 0.1) is 0 Å². The van der Waals surface area contributed by atoms with Crippen LogP contribution in [0.2, 0.25) is 0 Å². The zero-order valence-corrected chi connectivity index (χ0v) is 12.4. The fraction of sp³-hybridized carbons (Fsp3) is 0.562. The van der Waals surface area contributed by atoms with Crippen molar-refractivity contribution in [1.82, 2.24) is 5.32 Å². The molecule has 0 radical (unpaired) electrons. The first kappa shape index (κ1) is 15.8. The van der Waals surface area contributed by atoms with Gasteiger partial charge in [0.2, 0.25) is 0 Å². The number of nitrogens with one attached hydrogen (secondary N) is 1. The highest BCUT2D eigenvalue weighted by Gasteiger charge is 2.16. The quantitative estimate of drug-likeness (QED) is 0.839. The van der Waals surface area contributed by atoms with Crippen molar-refractivity contribution in [2.45, 2.75) is 38.3 Å². The highest BCUT2D eigenvalue weighted by Crippen LogP contribution is 2.19. The smallest absolute Gasteiger partial charge is 0.258 e. The third-order valence-corrected chi connectivity index (χ3v) is 3.61. The van der Waals surface area contributed by atoms with Gasteiger partial charge in [-0.1, -0.05) is 19.1 Å². The Labute approximate surface area is 125 Å². The number of carbonyl (C=O) groups excluding carboxylic acids is 1. The maximum Gasteiger partial charge on any atom is 0.258 e. The molecule has 5 nitrogen and oxygen atoms in total. The number of rotatable bonds is 6. The third kappa shape index (κ3) is 5.02. The SMILES string of the molecule is CC[C@@H](O)c1ccc(OCC(=O)NC2CCOCC2)cc1. The van der Waals surface area contributed by atoms with Crippen molar-refractivity contribution in [3.63, 3.8) is 0 Å². The van der Waals surface area contributed by atoms with Crippen LogP contribution in [0.3, 0.4) is 0 Å². The van der Waals surface area contributed by atoms with E-state index in [4.69, 9.17) is 9.47 Å². The normalized spacial score (nSPS) is 17.2. The maximum absolute atomic E-state index is 11.8. The largest absolute Gasteiger partial charge is 0.484 e. The van der Waals surface area contributed by atoms with Crippen LogP contribution in [0.15, 0.2) is 24.3 Å². The highest BCUT2D eigenvalue weighted by molar-refractivity contribution is 5.77. The van der Waals surface area contributed by atoms with Crippen molar-refractivity contribution in [2.75, 3.05) is 19.8 Å². The van der Waals surface area contributed by atoms with Gasteiger partial charge in [0.25, 0.3) is 5.91 Å². The van der Waals surface area contributed by atoms with Gasteiger partial charge in [-0.3, -0.25) is 4.79 Å². The van der Waals surface area contributed by atoms with E-state index >= 15 is 0 Å². The molecule has 0 aliphatic carbocycles. The Bertz CT molecular complexity index is 440. The summed E-state index contributed by atoms with van der Waals surface area (Å²) in [6.45, 7) is 3.34. The molecule has 2 N–H and O–H groups in total. The number of aliphatic hydroxyl groups is 1. The van der Waals surface area contributed by atoms with Gasteiger partial charge < -0.3 is 19.9 Å². The van der Waals surface area contributed by atoms with Gasteiger partial charge in [0.15, 0.2) is 6.61 Å². The molecule has 1 aromatic rings. The second-order valence-corrected chi connectivity index (χ2v) is 5.24. The number of benzene rings is 1. The van der Waals surface area contributed by atoms with Gasteiger partial charge in [-0.25, -0.2) is 0 Å². The molecular formula is C16H23NO4. The standard InChI is InChI=1S/C16H23NO4/c1-2-15(18)12-3-5-14(6-4-12)21-11-16(19)17-13-7-9-20-10-8-13/h3-6,13,15,18H,2,7-11H2,1H3,(H,17,19)/t15-/m1/s1. The zero-order valence-electron chi connectivity index (χ0n) is 12.4. The second kappa shape index (κ2) is 8.00. The van der Waals surface area contributed by atoms with E-state index < -0.39 is 6.10 Å². The van der Waals surface area contributed by atoms with Gasteiger partial charge in [0.1, 0.15) is 5.75 Å². The summed E-state index contributed by atoms with van der Waals surface area (Å²) in [4.78, 5) is 11.8. The van der Waals surface area contributed by atoms with Crippen LogP contribution in [-0.2, 0) is 9.53 Å². The zero-order chi connectivity index (χ0) is 15.1. The molecular weight excluding hydrogens is 270 g/mol. The van der Waals surface area contributed by atoms with E-state index in [-0.39, 0.29) is 18.6 Å². The summed E-state index contributed by atoms with van der Waals surface area (Å²) in [7, 11) is 0. The molecule has 21 heavy (non-hydrogen) atoms. The monoisotopic (exact) mass is 293 g/mol. The van der Waals surface area contributed by atoms with E-state index in [1.165, 1.54) is 0 Å². The van der Waals surface area contributed by atoms with Crippen molar-refractivity contribution < 1.29 is 19.4 Å². The van der Waals surface area contributed by atoms with E-state index in [0.717, 1.165) is 18.4 Å². The predicted molar refractivity (Wildman–Crippen MR) is 79.2 cm³/mol. The number of hydrogen-bond acceptors (Lipinski definition) is 4. The van der Waals surface area contributed by atoms with Crippen molar-refractivity contribution in [2.24, 2.45) is 0 Å². The molecule has 0 aromatic heterocycles. The molecule has 1 fully saturated rings. The fourth-order valence-corrected chi connectivity index (χ4v) is 2.28. The average molecular weight is 293 g/mol. The molecule has 2 rings (SSSR count). The van der Waals surface area contributed by atoms with Gasteiger partial charge >= 0.3 is 0 Å². The fourth-order valence-electron chi connectivity index (χ4n) is 2.28.